The molecule has 0 spiro atoms. The predicted molar refractivity (Wildman–Crippen MR) is 60.5 cm³/mol. The summed E-state index contributed by atoms with van der Waals surface area (Å²) in [5.41, 5.74) is 0.326. The molecule has 2 unspecified atom stereocenters. The van der Waals surface area contributed by atoms with Crippen molar-refractivity contribution in [3.8, 4) is 0 Å². The molecule has 2 heteroatoms. The van der Waals surface area contributed by atoms with Crippen molar-refractivity contribution in [3.63, 3.8) is 0 Å². The quantitative estimate of drug-likeness (QED) is 0.687. The summed E-state index contributed by atoms with van der Waals surface area (Å²) in [4.78, 5) is 0. The van der Waals surface area contributed by atoms with Crippen LogP contribution in [0.1, 0.15) is 47.0 Å². The van der Waals surface area contributed by atoms with Crippen LogP contribution in [0, 0.1) is 5.41 Å². The van der Waals surface area contributed by atoms with Crippen LogP contribution in [-0.4, -0.2) is 25.3 Å². The highest BCUT2D eigenvalue weighted by molar-refractivity contribution is 5.11. The van der Waals surface area contributed by atoms with Gasteiger partial charge >= 0.3 is 0 Å². The molecular formula is C12H25NO. The summed E-state index contributed by atoms with van der Waals surface area (Å²) in [5, 5.41) is 3.62. The van der Waals surface area contributed by atoms with Gasteiger partial charge in [0.05, 0.1) is 5.60 Å². The third-order valence-corrected chi connectivity index (χ3v) is 4.20. The Bertz CT molecular complexity index is 191. The van der Waals surface area contributed by atoms with Gasteiger partial charge in [0, 0.05) is 18.6 Å². The summed E-state index contributed by atoms with van der Waals surface area (Å²) in [6.45, 7) is 10.2. The molecule has 1 aliphatic carbocycles. The lowest BCUT2D eigenvalue weighted by atomic mass is 9.56. The van der Waals surface area contributed by atoms with Crippen molar-refractivity contribution in [2.75, 3.05) is 13.7 Å². The van der Waals surface area contributed by atoms with E-state index in [-0.39, 0.29) is 11.0 Å². The molecule has 0 aromatic rings. The van der Waals surface area contributed by atoms with Crippen molar-refractivity contribution in [2.24, 2.45) is 5.41 Å². The minimum absolute atomic E-state index is 0.0664. The summed E-state index contributed by atoms with van der Waals surface area (Å²) in [7, 11) is 1.82. The van der Waals surface area contributed by atoms with Crippen LogP contribution in [0.4, 0.5) is 0 Å². The van der Waals surface area contributed by atoms with Crippen molar-refractivity contribution in [1.82, 2.24) is 5.32 Å². The highest BCUT2D eigenvalue weighted by Gasteiger charge is 2.57. The summed E-state index contributed by atoms with van der Waals surface area (Å²) in [6.07, 6.45) is 3.68. The van der Waals surface area contributed by atoms with Gasteiger partial charge < -0.3 is 10.1 Å². The number of unbranched alkanes of at least 4 members (excludes halogenated alkanes) is 1. The number of ether oxygens (including phenoxy) is 1. The lowest BCUT2D eigenvalue weighted by Gasteiger charge is -2.59. The van der Waals surface area contributed by atoms with Gasteiger partial charge in [-0.3, -0.25) is 0 Å². The molecule has 0 aliphatic heterocycles. The average Bonchev–Trinajstić information content (AvgIpc) is 2.16. The van der Waals surface area contributed by atoms with E-state index in [0.717, 1.165) is 13.0 Å². The van der Waals surface area contributed by atoms with Gasteiger partial charge in [-0.2, -0.15) is 0 Å². The molecule has 1 N–H and O–H groups in total. The Morgan fingerprint density at radius 1 is 1.36 bits per heavy atom. The number of rotatable bonds is 5. The first-order chi connectivity index (χ1) is 6.48. The number of hydrogen-bond acceptors (Lipinski definition) is 2. The Morgan fingerprint density at radius 3 is 2.43 bits per heavy atom. The molecule has 2 nitrogen and oxygen atoms in total. The third kappa shape index (κ3) is 1.82. The number of methoxy groups -OCH3 is 1. The average molecular weight is 199 g/mol. The molecular weight excluding hydrogens is 174 g/mol. The first kappa shape index (κ1) is 12.0. The van der Waals surface area contributed by atoms with Gasteiger partial charge in [0.2, 0.25) is 0 Å². The molecule has 2 atom stereocenters. The number of hydrogen-bond donors (Lipinski definition) is 1. The van der Waals surface area contributed by atoms with Crippen molar-refractivity contribution in [2.45, 2.75) is 58.6 Å². The molecule has 1 saturated carbocycles. The maximum atomic E-state index is 5.59. The highest BCUT2D eigenvalue weighted by Crippen LogP contribution is 2.51. The van der Waals surface area contributed by atoms with E-state index in [2.05, 4.69) is 33.0 Å². The minimum atomic E-state index is 0.0664. The maximum absolute atomic E-state index is 5.59. The summed E-state index contributed by atoms with van der Waals surface area (Å²) in [6, 6.07) is 0.624. The van der Waals surface area contributed by atoms with Crippen LogP contribution in [0.25, 0.3) is 0 Å². The second-order valence-electron chi connectivity index (χ2n) is 5.22. The molecule has 1 rings (SSSR count). The van der Waals surface area contributed by atoms with Gasteiger partial charge in [0.15, 0.2) is 0 Å². The molecule has 1 aliphatic rings. The van der Waals surface area contributed by atoms with E-state index in [9.17, 15) is 0 Å². The molecule has 0 saturated heterocycles. The zero-order chi connectivity index (χ0) is 10.8. The van der Waals surface area contributed by atoms with Gasteiger partial charge in [-0.25, -0.2) is 0 Å². The molecule has 0 heterocycles. The Balaban J connectivity index is 2.39. The fourth-order valence-electron chi connectivity index (χ4n) is 2.27. The van der Waals surface area contributed by atoms with Crippen LogP contribution >= 0.6 is 0 Å². The molecule has 1 fully saturated rings. The second-order valence-corrected chi connectivity index (χ2v) is 5.22. The standard InChI is InChI=1S/C12H25NO/c1-6-7-8-13-10-9-12(4,14-5)11(10,2)3/h10,13H,6-9H2,1-5H3. The molecule has 0 bridgehead atoms. The summed E-state index contributed by atoms with van der Waals surface area (Å²) in [5.74, 6) is 0. The molecule has 14 heavy (non-hydrogen) atoms. The Kier molecular flexibility index (Phi) is 3.59. The zero-order valence-electron chi connectivity index (χ0n) is 10.3. The Hall–Kier alpha value is -0.0800. The van der Waals surface area contributed by atoms with Gasteiger partial charge in [0.25, 0.3) is 0 Å². The van der Waals surface area contributed by atoms with Crippen molar-refractivity contribution >= 4 is 0 Å². The molecule has 0 aromatic carbocycles. The normalized spacial score (nSPS) is 35.4. The number of nitrogens with one attached hydrogen (secondary N) is 1. The van der Waals surface area contributed by atoms with Gasteiger partial charge in [0.1, 0.15) is 0 Å². The predicted octanol–water partition coefficient (Wildman–Crippen LogP) is 2.58. The third-order valence-electron chi connectivity index (χ3n) is 4.20. The molecule has 84 valence electrons. The smallest absolute Gasteiger partial charge is 0.0731 e. The molecule has 0 aromatic heterocycles. The van der Waals surface area contributed by atoms with Crippen LogP contribution < -0.4 is 5.32 Å². The van der Waals surface area contributed by atoms with E-state index >= 15 is 0 Å². The van der Waals surface area contributed by atoms with E-state index in [1.54, 1.807) is 0 Å². The first-order valence-electron chi connectivity index (χ1n) is 5.76. The summed E-state index contributed by atoms with van der Waals surface area (Å²) >= 11 is 0. The Morgan fingerprint density at radius 2 is 2.00 bits per heavy atom. The first-order valence-corrected chi connectivity index (χ1v) is 5.76. The fraction of sp³-hybridized carbons (Fsp3) is 1.00. The largest absolute Gasteiger partial charge is 0.378 e. The van der Waals surface area contributed by atoms with Gasteiger partial charge in [-0.1, -0.05) is 27.2 Å². The monoisotopic (exact) mass is 199 g/mol. The van der Waals surface area contributed by atoms with Crippen LogP contribution in [0.15, 0.2) is 0 Å². The van der Waals surface area contributed by atoms with Crippen molar-refractivity contribution < 1.29 is 4.74 Å². The second kappa shape index (κ2) is 4.19. The van der Waals surface area contributed by atoms with E-state index in [4.69, 9.17) is 4.74 Å². The van der Waals surface area contributed by atoms with E-state index < -0.39 is 0 Å². The van der Waals surface area contributed by atoms with Crippen LogP contribution in [-0.2, 0) is 4.74 Å². The van der Waals surface area contributed by atoms with Gasteiger partial charge in [-0.05, 0) is 26.3 Å². The fourth-order valence-corrected chi connectivity index (χ4v) is 2.27. The summed E-state index contributed by atoms with van der Waals surface area (Å²) < 4.78 is 5.59. The zero-order valence-corrected chi connectivity index (χ0v) is 10.3. The van der Waals surface area contributed by atoms with E-state index in [0.29, 0.717) is 6.04 Å². The highest BCUT2D eigenvalue weighted by atomic mass is 16.5. The van der Waals surface area contributed by atoms with Crippen LogP contribution in [0.3, 0.4) is 0 Å². The molecule has 0 amide bonds. The SMILES string of the molecule is CCCCNC1CC(C)(OC)C1(C)C. The Labute approximate surface area is 88.4 Å². The van der Waals surface area contributed by atoms with E-state index in [1.807, 2.05) is 7.11 Å². The maximum Gasteiger partial charge on any atom is 0.0731 e. The minimum Gasteiger partial charge on any atom is -0.378 e. The van der Waals surface area contributed by atoms with Crippen molar-refractivity contribution in [1.29, 1.82) is 0 Å². The van der Waals surface area contributed by atoms with Crippen LogP contribution in [0.5, 0.6) is 0 Å². The lowest BCUT2D eigenvalue weighted by Crippen LogP contribution is -2.67. The van der Waals surface area contributed by atoms with Gasteiger partial charge in [-0.15, -0.1) is 0 Å². The lowest BCUT2D eigenvalue weighted by molar-refractivity contribution is -0.180. The van der Waals surface area contributed by atoms with Crippen molar-refractivity contribution in [3.05, 3.63) is 0 Å². The van der Waals surface area contributed by atoms with E-state index in [1.165, 1.54) is 12.8 Å². The topological polar surface area (TPSA) is 21.3 Å². The van der Waals surface area contributed by atoms with Crippen LogP contribution in [0.2, 0.25) is 0 Å². The molecule has 0 radical (unpaired) electrons.